The lowest BCUT2D eigenvalue weighted by atomic mass is 10.1. The summed E-state index contributed by atoms with van der Waals surface area (Å²) in [4.78, 5) is 30.2. The lowest BCUT2D eigenvalue weighted by Gasteiger charge is -2.18. The predicted octanol–water partition coefficient (Wildman–Crippen LogP) is 2.87. The van der Waals surface area contributed by atoms with Gasteiger partial charge in [0, 0.05) is 25.5 Å². The van der Waals surface area contributed by atoms with Gasteiger partial charge in [-0.05, 0) is 37.3 Å². The van der Waals surface area contributed by atoms with Crippen LogP contribution in [0.2, 0.25) is 5.02 Å². The first kappa shape index (κ1) is 19.8. The molecule has 0 bridgehead atoms. The highest BCUT2D eigenvalue weighted by molar-refractivity contribution is 8.04. The summed E-state index contributed by atoms with van der Waals surface area (Å²) in [6.07, 6.45) is 3.29. The van der Waals surface area contributed by atoms with Crippen LogP contribution in [0.3, 0.4) is 0 Å². The highest BCUT2D eigenvalue weighted by Gasteiger charge is 2.31. The molecule has 2 aromatic carbocycles. The molecule has 0 aromatic heterocycles. The number of guanidine groups is 1. The fraction of sp³-hybridized carbons (Fsp3) is 0.0476. The Morgan fingerprint density at radius 2 is 2.07 bits per heavy atom. The Balaban J connectivity index is 1.77. The van der Waals surface area contributed by atoms with Crippen molar-refractivity contribution < 1.29 is 9.79 Å². The van der Waals surface area contributed by atoms with Gasteiger partial charge in [-0.2, -0.15) is 5.26 Å². The molecule has 0 saturated carbocycles. The average molecular weight is 434 g/mol. The maximum absolute atomic E-state index is 13.1. The molecule has 0 atom stereocenters. The summed E-state index contributed by atoms with van der Waals surface area (Å²) in [5.41, 5.74) is 2.85. The number of carbonyl (C=O) groups is 1. The Kier molecular flexibility index (Phi) is 5.57. The van der Waals surface area contributed by atoms with Crippen molar-refractivity contribution in [2.75, 3.05) is 5.32 Å². The highest BCUT2D eigenvalue weighted by Crippen LogP contribution is 2.41. The van der Waals surface area contributed by atoms with Crippen LogP contribution in [0.15, 0.2) is 78.9 Å². The van der Waals surface area contributed by atoms with Gasteiger partial charge in [0.15, 0.2) is 0 Å². The van der Waals surface area contributed by atoms with Gasteiger partial charge in [0.25, 0.3) is 12.1 Å². The number of amides is 1. The first-order valence-corrected chi connectivity index (χ1v) is 10.0. The van der Waals surface area contributed by atoms with E-state index in [1.807, 2.05) is 31.2 Å². The van der Waals surface area contributed by atoms with E-state index in [0.29, 0.717) is 16.3 Å². The van der Waals surface area contributed by atoms with E-state index in [2.05, 4.69) is 25.3 Å². The van der Waals surface area contributed by atoms with Gasteiger partial charge < -0.3 is 5.32 Å². The van der Waals surface area contributed by atoms with Crippen molar-refractivity contribution in [2.45, 2.75) is 11.8 Å². The van der Waals surface area contributed by atoms with Crippen LogP contribution in [0.5, 0.6) is 0 Å². The van der Waals surface area contributed by atoms with Crippen molar-refractivity contribution in [1.29, 1.82) is 5.26 Å². The molecule has 2 aliphatic rings. The van der Waals surface area contributed by atoms with Crippen LogP contribution in [0.25, 0.3) is 0 Å². The van der Waals surface area contributed by atoms with Crippen LogP contribution in [0.4, 0.5) is 11.4 Å². The minimum atomic E-state index is -0.449. The lowest BCUT2D eigenvalue weighted by molar-refractivity contribution is -0.311. The van der Waals surface area contributed by atoms with Crippen LogP contribution in [-0.2, 0) is 4.79 Å². The van der Waals surface area contributed by atoms with Crippen molar-refractivity contribution >= 4 is 64.2 Å². The maximum atomic E-state index is 13.1. The monoisotopic (exact) mass is 433 g/mol. The molecule has 1 amide bonds. The number of aliphatic imine (C=N–C) groups is 3. The minimum absolute atomic E-state index is 0.0360. The molecule has 7 nitrogen and oxygen atoms in total. The number of thioether (sulfide) groups is 1. The zero-order chi connectivity index (χ0) is 21.1. The molecule has 146 valence electrons. The van der Waals surface area contributed by atoms with Crippen molar-refractivity contribution in [3.05, 3.63) is 64.0 Å². The maximum Gasteiger partial charge on any atom is 0.442 e. The van der Waals surface area contributed by atoms with Crippen molar-refractivity contribution in [3.8, 4) is 6.19 Å². The third kappa shape index (κ3) is 4.08. The molecule has 2 aliphatic heterocycles. The molecule has 0 unspecified atom stereocenters. The van der Waals surface area contributed by atoms with Crippen molar-refractivity contribution in [1.82, 2.24) is 0 Å². The summed E-state index contributed by atoms with van der Waals surface area (Å²) in [7, 11) is 0. The SMILES string of the molecule is CC1=Nc2ccccc2S/C1=C1/C=[NH+]C(=NC#N)N=C1C(=O)Nc1cccc(Cl)c1. The molecule has 2 N–H and O–H groups in total. The van der Waals surface area contributed by atoms with E-state index < -0.39 is 5.91 Å². The Labute approximate surface area is 181 Å². The Bertz CT molecular complexity index is 1250. The fourth-order valence-corrected chi connectivity index (χ4v) is 4.15. The second-order valence-electron chi connectivity index (χ2n) is 6.26. The Morgan fingerprint density at radius 3 is 2.87 bits per heavy atom. The summed E-state index contributed by atoms with van der Waals surface area (Å²) in [5, 5.41) is 12.2. The predicted molar refractivity (Wildman–Crippen MR) is 120 cm³/mol. The quantitative estimate of drug-likeness (QED) is 0.711. The number of carbonyl (C=O) groups excluding carboxylic acids is 1. The summed E-state index contributed by atoms with van der Waals surface area (Å²) < 4.78 is 0. The molecule has 0 saturated heterocycles. The van der Waals surface area contributed by atoms with E-state index in [9.17, 15) is 4.79 Å². The van der Waals surface area contributed by atoms with Crippen LogP contribution in [-0.4, -0.2) is 29.5 Å². The van der Waals surface area contributed by atoms with E-state index in [-0.39, 0.29) is 11.7 Å². The van der Waals surface area contributed by atoms with Gasteiger partial charge in [0.1, 0.15) is 0 Å². The van der Waals surface area contributed by atoms with Gasteiger partial charge in [-0.3, -0.25) is 9.79 Å². The zero-order valence-electron chi connectivity index (χ0n) is 15.7. The number of rotatable bonds is 2. The molecule has 9 heteroatoms. The standard InChI is InChI=1S/C21H13ClN6OS/c1-12-19(30-17-8-3-2-7-16(17)26-12)15-10-24-21(25-11-23)28-18(15)20(29)27-14-6-4-5-13(22)9-14/h2-10H,1H3,(H,27,29)/p+1/b19-15-,25-21?. The fourth-order valence-electron chi connectivity index (χ4n) is 2.91. The largest absolute Gasteiger partial charge is 0.442 e. The number of allylic oxidation sites excluding steroid dienone is 1. The van der Waals surface area contributed by atoms with E-state index in [1.165, 1.54) is 11.8 Å². The molecule has 0 fully saturated rings. The smallest absolute Gasteiger partial charge is 0.319 e. The van der Waals surface area contributed by atoms with Crippen LogP contribution in [0, 0.1) is 11.5 Å². The molecule has 4 rings (SSSR count). The Hall–Kier alpha value is -3.54. The number of nitrogens with one attached hydrogen (secondary N) is 2. The molecule has 0 spiro atoms. The molecule has 30 heavy (non-hydrogen) atoms. The van der Waals surface area contributed by atoms with E-state index in [0.717, 1.165) is 21.2 Å². The molecular formula is C21H14ClN6OS+. The number of anilines is 1. The van der Waals surface area contributed by atoms with E-state index in [4.69, 9.17) is 16.9 Å². The second kappa shape index (κ2) is 8.45. The van der Waals surface area contributed by atoms with E-state index >= 15 is 0 Å². The third-order valence-electron chi connectivity index (χ3n) is 4.21. The molecule has 0 radical (unpaired) electrons. The second-order valence-corrected chi connectivity index (χ2v) is 7.75. The number of nitrogens with zero attached hydrogens (tertiary/aromatic N) is 4. The van der Waals surface area contributed by atoms with Crippen LogP contribution in [0.1, 0.15) is 6.92 Å². The molecule has 2 aromatic rings. The van der Waals surface area contributed by atoms with Gasteiger partial charge in [0.2, 0.25) is 5.71 Å². The summed E-state index contributed by atoms with van der Waals surface area (Å²) in [6, 6.07) is 14.6. The normalized spacial score (nSPS) is 18.9. The Morgan fingerprint density at radius 1 is 1.23 bits per heavy atom. The first-order chi connectivity index (χ1) is 14.5. The third-order valence-corrected chi connectivity index (χ3v) is 5.73. The van der Waals surface area contributed by atoms with Crippen molar-refractivity contribution in [3.63, 3.8) is 0 Å². The summed E-state index contributed by atoms with van der Waals surface area (Å²) >= 11 is 7.52. The zero-order valence-corrected chi connectivity index (χ0v) is 17.3. The summed E-state index contributed by atoms with van der Waals surface area (Å²) in [6.45, 7) is 1.88. The van der Waals surface area contributed by atoms with Crippen LogP contribution < -0.4 is 10.3 Å². The highest BCUT2D eigenvalue weighted by atomic mass is 35.5. The van der Waals surface area contributed by atoms with Gasteiger partial charge in [-0.1, -0.05) is 46.6 Å². The molecular weight excluding hydrogens is 420 g/mol. The lowest BCUT2D eigenvalue weighted by Crippen LogP contribution is -2.75. The number of nitriles is 1. The van der Waals surface area contributed by atoms with Gasteiger partial charge in [0.05, 0.1) is 23.2 Å². The number of hydrogen-bond donors (Lipinski definition) is 2. The minimum Gasteiger partial charge on any atom is -0.319 e. The van der Waals surface area contributed by atoms with Crippen molar-refractivity contribution in [2.24, 2.45) is 15.0 Å². The number of benzene rings is 2. The summed E-state index contributed by atoms with van der Waals surface area (Å²) in [5.74, 6) is -0.413. The molecule has 2 heterocycles. The van der Waals surface area contributed by atoms with Crippen LogP contribution >= 0.6 is 23.4 Å². The van der Waals surface area contributed by atoms with Gasteiger partial charge in [-0.25, -0.2) is 4.99 Å². The number of hydrogen-bond acceptors (Lipinski definition) is 5. The van der Waals surface area contributed by atoms with Gasteiger partial charge in [-0.15, -0.1) is 0 Å². The number of halogens is 1. The number of para-hydroxylation sites is 1. The first-order valence-electron chi connectivity index (χ1n) is 8.84. The average Bonchev–Trinajstić information content (AvgIpc) is 2.73. The molecule has 0 aliphatic carbocycles. The van der Waals surface area contributed by atoms with Gasteiger partial charge >= 0.3 is 5.96 Å². The topological polar surface area (TPSA) is 104 Å². The number of fused-ring (bicyclic) bond motifs is 1. The van der Waals surface area contributed by atoms with E-state index in [1.54, 1.807) is 36.7 Å².